The molecule has 3 aromatic rings. The van der Waals surface area contributed by atoms with E-state index in [1.54, 1.807) is 12.3 Å². The second-order valence-corrected chi connectivity index (χ2v) is 9.94. The molecule has 2 atom stereocenters. The molecule has 0 aliphatic heterocycles. The largest absolute Gasteiger partial charge is 0.373 e. The fourth-order valence-corrected chi connectivity index (χ4v) is 4.44. The number of carbonyl (C=O) groups excluding carboxylic acids is 1. The SMILES string of the molecule is CS(=O)(=O)Nc1cc(Cl)cc(NC(=O)c2c[nH]nc2C2CC[C@H]2OCc2ccccc2)c1. The minimum atomic E-state index is -3.48. The fraction of sp³-hybridized carbons (Fsp3) is 0.273. The lowest BCUT2D eigenvalue weighted by Crippen LogP contribution is -2.33. The van der Waals surface area contributed by atoms with Gasteiger partial charge < -0.3 is 10.1 Å². The van der Waals surface area contributed by atoms with E-state index < -0.39 is 10.0 Å². The first kappa shape index (κ1) is 22.3. The lowest BCUT2D eigenvalue weighted by Gasteiger charge is -2.35. The van der Waals surface area contributed by atoms with Crippen molar-refractivity contribution in [3.05, 3.63) is 76.6 Å². The number of sulfonamides is 1. The molecule has 0 spiro atoms. The van der Waals surface area contributed by atoms with Crippen molar-refractivity contribution in [3.8, 4) is 0 Å². The van der Waals surface area contributed by atoms with Crippen molar-refractivity contribution in [2.45, 2.75) is 31.5 Å². The number of aromatic amines is 1. The predicted molar refractivity (Wildman–Crippen MR) is 123 cm³/mol. The normalized spacial score (nSPS) is 18.1. The van der Waals surface area contributed by atoms with Gasteiger partial charge in [0.25, 0.3) is 5.91 Å². The summed E-state index contributed by atoms with van der Waals surface area (Å²) in [6, 6.07) is 14.4. The highest BCUT2D eigenvalue weighted by atomic mass is 35.5. The Bertz CT molecular complexity index is 1210. The summed E-state index contributed by atoms with van der Waals surface area (Å²) in [6.45, 7) is 0.507. The molecule has 10 heteroatoms. The number of hydrogen-bond donors (Lipinski definition) is 3. The maximum Gasteiger partial charge on any atom is 0.259 e. The van der Waals surface area contributed by atoms with E-state index in [1.165, 1.54) is 12.1 Å². The summed E-state index contributed by atoms with van der Waals surface area (Å²) in [4.78, 5) is 12.9. The van der Waals surface area contributed by atoms with Crippen molar-refractivity contribution in [2.75, 3.05) is 16.3 Å². The molecule has 1 saturated carbocycles. The smallest absolute Gasteiger partial charge is 0.259 e. The van der Waals surface area contributed by atoms with Gasteiger partial charge in [0.05, 0.1) is 35.9 Å². The topological polar surface area (TPSA) is 113 Å². The third-order valence-corrected chi connectivity index (χ3v) is 6.07. The lowest BCUT2D eigenvalue weighted by atomic mass is 9.78. The maximum atomic E-state index is 12.9. The van der Waals surface area contributed by atoms with Gasteiger partial charge in [-0.05, 0) is 36.6 Å². The van der Waals surface area contributed by atoms with E-state index in [9.17, 15) is 13.2 Å². The molecule has 0 saturated heterocycles. The third-order valence-electron chi connectivity index (χ3n) is 5.24. The summed E-state index contributed by atoms with van der Waals surface area (Å²) in [6.07, 6.45) is 4.36. The number of benzene rings is 2. The first-order valence-electron chi connectivity index (χ1n) is 10.1. The Balaban J connectivity index is 1.45. The number of hydrogen-bond acceptors (Lipinski definition) is 5. The van der Waals surface area contributed by atoms with Gasteiger partial charge in [-0.3, -0.25) is 14.6 Å². The minimum Gasteiger partial charge on any atom is -0.373 e. The number of anilines is 2. The molecule has 1 unspecified atom stereocenters. The van der Waals surface area contributed by atoms with E-state index >= 15 is 0 Å². The molecule has 8 nitrogen and oxygen atoms in total. The Labute approximate surface area is 191 Å². The van der Waals surface area contributed by atoms with Gasteiger partial charge in [0.2, 0.25) is 10.0 Å². The molecule has 1 aliphatic rings. The van der Waals surface area contributed by atoms with E-state index in [1.807, 2.05) is 30.3 Å². The average Bonchev–Trinajstić information content (AvgIpc) is 3.15. The molecule has 1 heterocycles. The van der Waals surface area contributed by atoms with Crippen LogP contribution in [0.2, 0.25) is 5.02 Å². The molecule has 32 heavy (non-hydrogen) atoms. The van der Waals surface area contributed by atoms with Crippen LogP contribution in [0.3, 0.4) is 0 Å². The number of rotatable bonds is 8. The summed E-state index contributed by atoms with van der Waals surface area (Å²) >= 11 is 6.08. The van der Waals surface area contributed by atoms with Gasteiger partial charge >= 0.3 is 0 Å². The molecule has 3 N–H and O–H groups in total. The fourth-order valence-electron chi connectivity index (χ4n) is 3.66. The number of nitrogens with zero attached hydrogens (tertiary/aromatic N) is 1. The summed E-state index contributed by atoms with van der Waals surface area (Å²) < 4.78 is 31.4. The van der Waals surface area contributed by atoms with Crippen LogP contribution in [0.4, 0.5) is 11.4 Å². The van der Waals surface area contributed by atoms with Gasteiger partial charge in [-0.25, -0.2) is 8.42 Å². The van der Waals surface area contributed by atoms with Gasteiger partial charge in [-0.2, -0.15) is 5.10 Å². The number of halogens is 1. The van der Waals surface area contributed by atoms with Gasteiger partial charge in [0.15, 0.2) is 0 Å². The Morgan fingerprint density at radius 2 is 1.94 bits per heavy atom. The molecule has 4 rings (SSSR count). The Hall–Kier alpha value is -2.88. The van der Waals surface area contributed by atoms with E-state index in [0.29, 0.717) is 23.6 Å². The zero-order valence-corrected chi connectivity index (χ0v) is 18.9. The summed E-state index contributed by atoms with van der Waals surface area (Å²) in [7, 11) is -3.48. The van der Waals surface area contributed by atoms with Crippen LogP contribution < -0.4 is 10.0 Å². The summed E-state index contributed by atoms with van der Waals surface area (Å²) in [5, 5.41) is 10.1. The standard InChI is InChI=1S/C22H23ClN4O4S/c1-32(29,30)27-17-10-15(23)9-16(11-17)25-22(28)19-12-24-26-21(19)18-7-8-20(18)31-13-14-5-3-2-4-6-14/h2-6,9-12,18,20,27H,7-8,13H2,1H3,(H,24,26)(H,25,28)/t18?,20-/m1/s1. The number of nitrogens with one attached hydrogen (secondary N) is 3. The molecule has 1 aliphatic carbocycles. The van der Waals surface area contributed by atoms with Crippen molar-refractivity contribution in [1.29, 1.82) is 0 Å². The second-order valence-electron chi connectivity index (χ2n) is 7.76. The molecule has 0 bridgehead atoms. The molecule has 168 valence electrons. The Morgan fingerprint density at radius 1 is 1.19 bits per heavy atom. The van der Waals surface area contributed by atoms with E-state index in [4.69, 9.17) is 16.3 Å². The van der Waals surface area contributed by atoms with Gasteiger partial charge in [0, 0.05) is 22.8 Å². The van der Waals surface area contributed by atoms with Crippen LogP contribution >= 0.6 is 11.6 Å². The molecule has 1 aromatic heterocycles. The number of ether oxygens (including phenoxy) is 1. The van der Waals surface area contributed by atoms with E-state index in [-0.39, 0.29) is 28.6 Å². The number of amides is 1. The van der Waals surface area contributed by atoms with E-state index in [0.717, 1.165) is 24.7 Å². The zero-order chi connectivity index (χ0) is 22.7. The lowest BCUT2D eigenvalue weighted by molar-refractivity contribution is -0.0286. The molecule has 1 fully saturated rings. The van der Waals surface area contributed by atoms with Crippen LogP contribution in [0.1, 0.15) is 40.4 Å². The van der Waals surface area contributed by atoms with Crippen LogP contribution in [0.15, 0.2) is 54.7 Å². The highest BCUT2D eigenvalue weighted by molar-refractivity contribution is 7.92. The first-order valence-corrected chi connectivity index (χ1v) is 12.3. The Morgan fingerprint density at radius 3 is 2.62 bits per heavy atom. The van der Waals surface area contributed by atoms with Crippen molar-refractivity contribution >= 4 is 38.9 Å². The van der Waals surface area contributed by atoms with Crippen molar-refractivity contribution in [1.82, 2.24) is 10.2 Å². The minimum absolute atomic E-state index is 0.0122. The third kappa shape index (κ3) is 5.48. The highest BCUT2D eigenvalue weighted by Crippen LogP contribution is 2.40. The van der Waals surface area contributed by atoms with E-state index in [2.05, 4.69) is 20.2 Å². The Kier molecular flexibility index (Phi) is 6.50. The highest BCUT2D eigenvalue weighted by Gasteiger charge is 2.37. The van der Waals surface area contributed by atoms with Crippen molar-refractivity contribution in [2.24, 2.45) is 0 Å². The van der Waals surface area contributed by atoms with Crippen molar-refractivity contribution in [3.63, 3.8) is 0 Å². The molecule has 1 amide bonds. The monoisotopic (exact) mass is 474 g/mol. The number of aromatic nitrogens is 2. The van der Waals surface area contributed by atoms with Gasteiger partial charge in [-0.15, -0.1) is 0 Å². The number of H-pyrrole nitrogens is 1. The van der Waals surface area contributed by atoms with Crippen LogP contribution in [0.25, 0.3) is 0 Å². The van der Waals surface area contributed by atoms with Crippen LogP contribution in [-0.2, 0) is 21.4 Å². The van der Waals surface area contributed by atoms with Crippen LogP contribution in [0.5, 0.6) is 0 Å². The maximum absolute atomic E-state index is 12.9. The quantitative estimate of drug-likeness (QED) is 0.454. The summed E-state index contributed by atoms with van der Waals surface area (Å²) in [5.41, 5.74) is 2.80. The van der Waals surface area contributed by atoms with Gasteiger partial charge in [0.1, 0.15) is 0 Å². The van der Waals surface area contributed by atoms with Crippen LogP contribution in [-0.4, -0.2) is 36.9 Å². The van der Waals surface area contributed by atoms with Crippen LogP contribution in [0, 0.1) is 0 Å². The molecular weight excluding hydrogens is 452 g/mol. The van der Waals surface area contributed by atoms with Gasteiger partial charge in [-0.1, -0.05) is 41.9 Å². The van der Waals surface area contributed by atoms with Crippen molar-refractivity contribution < 1.29 is 17.9 Å². The molecular formula is C22H23ClN4O4S. The molecule has 2 aromatic carbocycles. The summed E-state index contributed by atoms with van der Waals surface area (Å²) in [5.74, 6) is -0.345. The number of carbonyl (C=O) groups is 1. The average molecular weight is 475 g/mol. The first-order chi connectivity index (χ1) is 15.3. The zero-order valence-electron chi connectivity index (χ0n) is 17.3. The predicted octanol–water partition coefficient (Wildman–Crippen LogP) is 4.15. The molecule has 0 radical (unpaired) electrons. The second kappa shape index (κ2) is 9.32.